The first-order valence-corrected chi connectivity index (χ1v) is 22.5. The molecule has 6 nitrogen and oxygen atoms in total. The molecule has 0 aliphatic carbocycles. The van der Waals surface area contributed by atoms with Crippen molar-refractivity contribution in [2.75, 3.05) is 13.2 Å². The van der Waals surface area contributed by atoms with Crippen molar-refractivity contribution in [3.63, 3.8) is 0 Å². The lowest BCUT2D eigenvalue weighted by Crippen LogP contribution is -2.30. The first kappa shape index (κ1) is 49.4. The quantitative estimate of drug-likeness (QED) is 0.0355. The second kappa shape index (κ2) is 41.2. The molecule has 1 atom stereocenters. The maximum absolute atomic E-state index is 12.7. The number of carbonyl (C=O) groups excluding carboxylic acids is 3. The third kappa shape index (κ3) is 39.5. The van der Waals surface area contributed by atoms with Crippen LogP contribution in [0.4, 0.5) is 0 Å². The van der Waals surface area contributed by atoms with Gasteiger partial charge in [-0.2, -0.15) is 0 Å². The highest BCUT2D eigenvalue weighted by atomic mass is 16.6. The van der Waals surface area contributed by atoms with Crippen LogP contribution in [-0.4, -0.2) is 37.2 Å². The first-order chi connectivity index (χ1) is 25.0. The number of carbonyl (C=O) groups is 3. The zero-order valence-electron chi connectivity index (χ0n) is 34.4. The van der Waals surface area contributed by atoms with Gasteiger partial charge in [-0.15, -0.1) is 0 Å². The number of hydrogen-bond donors (Lipinski definition) is 0. The van der Waals surface area contributed by atoms with E-state index in [-0.39, 0.29) is 31.1 Å². The predicted octanol–water partition coefficient (Wildman–Crippen LogP) is 14.1. The number of esters is 3. The Kier molecular flexibility index (Phi) is 39.9. The SMILES string of the molecule is CCCCCCCCCCCCCCC(=O)OCC(COC(=O)CCCCCCCCCCCC)OC(=O)CCCCCCCCCCCCC. The van der Waals surface area contributed by atoms with Gasteiger partial charge in [0.2, 0.25) is 0 Å². The van der Waals surface area contributed by atoms with Crippen molar-refractivity contribution in [3.05, 3.63) is 0 Å². The lowest BCUT2D eigenvalue weighted by atomic mass is 10.0. The van der Waals surface area contributed by atoms with E-state index in [1.165, 1.54) is 154 Å². The third-order valence-electron chi connectivity index (χ3n) is 10.1. The molecule has 0 rings (SSSR count). The van der Waals surface area contributed by atoms with Crippen molar-refractivity contribution in [3.8, 4) is 0 Å². The average molecular weight is 723 g/mol. The molecule has 0 N–H and O–H groups in total. The lowest BCUT2D eigenvalue weighted by molar-refractivity contribution is -0.167. The van der Waals surface area contributed by atoms with Crippen LogP contribution in [0.5, 0.6) is 0 Å². The van der Waals surface area contributed by atoms with Crippen LogP contribution in [0.3, 0.4) is 0 Å². The highest BCUT2D eigenvalue weighted by Crippen LogP contribution is 2.15. The van der Waals surface area contributed by atoms with Gasteiger partial charge in [-0.3, -0.25) is 14.4 Å². The molecule has 0 aliphatic rings. The second-order valence-corrected chi connectivity index (χ2v) is 15.3. The van der Waals surface area contributed by atoms with Crippen LogP contribution in [0, 0.1) is 0 Å². The topological polar surface area (TPSA) is 78.9 Å². The van der Waals surface area contributed by atoms with Crippen LogP contribution in [-0.2, 0) is 28.6 Å². The van der Waals surface area contributed by atoms with Gasteiger partial charge in [0.25, 0.3) is 0 Å². The van der Waals surface area contributed by atoms with Crippen LogP contribution >= 0.6 is 0 Å². The van der Waals surface area contributed by atoms with Crippen molar-refractivity contribution in [1.82, 2.24) is 0 Å². The van der Waals surface area contributed by atoms with Gasteiger partial charge in [0.1, 0.15) is 13.2 Å². The van der Waals surface area contributed by atoms with Gasteiger partial charge in [0, 0.05) is 19.3 Å². The molecule has 1 unspecified atom stereocenters. The zero-order chi connectivity index (χ0) is 37.3. The number of rotatable bonds is 41. The van der Waals surface area contributed by atoms with Crippen molar-refractivity contribution in [1.29, 1.82) is 0 Å². The molecular weight excluding hydrogens is 636 g/mol. The Bertz CT molecular complexity index is 753. The Balaban J connectivity index is 4.32. The molecule has 0 saturated carbocycles. The molecule has 0 aromatic rings. The minimum absolute atomic E-state index is 0.0629. The van der Waals surface area contributed by atoms with Gasteiger partial charge in [-0.05, 0) is 19.3 Å². The van der Waals surface area contributed by atoms with Crippen LogP contribution in [0.15, 0.2) is 0 Å². The van der Waals surface area contributed by atoms with E-state index in [9.17, 15) is 14.4 Å². The minimum Gasteiger partial charge on any atom is -0.462 e. The van der Waals surface area contributed by atoms with Gasteiger partial charge in [0.15, 0.2) is 6.10 Å². The smallest absolute Gasteiger partial charge is 0.306 e. The van der Waals surface area contributed by atoms with Gasteiger partial charge >= 0.3 is 17.9 Å². The number of hydrogen-bond acceptors (Lipinski definition) is 6. The normalized spacial score (nSPS) is 11.8. The van der Waals surface area contributed by atoms with E-state index in [2.05, 4.69) is 20.8 Å². The average Bonchev–Trinajstić information content (AvgIpc) is 3.12. The van der Waals surface area contributed by atoms with Crippen LogP contribution in [0.1, 0.15) is 252 Å². The van der Waals surface area contributed by atoms with E-state index in [1.807, 2.05) is 0 Å². The number of ether oxygens (including phenoxy) is 3. The molecular formula is C45H86O6. The molecule has 6 heteroatoms. The van der Waals surface area contributed by atoms with Crippen LogP contribution in [0.25, 0.3) is 0 Å². The molecule has 0 aromatic carbocycles. The van der Waals surface area contributed by atoms with Crippen LogP contribution in [0.2, 0.25) is 0 Å². The van der Waals surface area contributed by atoms with E-state index in [0.717, 1.165) is 57.8 Å². The second-order valence-electron chi connectivity index (χ2n) is 15.3. The van der Waals surface area contributed by atoms with E-state index >= 15 is 0 Å². The molecule has 0 aromatic heterocycles. The van der Waals surface area contributed by atoms with E-state index in [4.69, 9.17) is 14.2 Å². The largest absolute Gasteiger partial charge is 0.462 e. The summed E-state index contributed by atoms with van der Waals surface area (Å²) in [7, 11) is 0. The summed E-state index contributed by atoms with van der Waals surface area (Å²) in [6.07, 6.45) is 40.8. The van der Waals surface area contributed by atoms with Crippen molar-refractivity contribution >= 4 is 17.9 Å². The molecule has 0 amide bonds. The molecule has 302 valence electrons. The maximum atomic E-state index is 12.7. The fraction of sp³-hybridized carbons (Fsp3) is 0.933. The van der Waals surface area contributed by atoms with Crippen molar-refractivity contribution in [2.45, 2.75) is 258 Å². The summed E-state index contributed by atoms with van der Waals surface area (Å²) in [6, 6.07) is 0. The summed E-state index contributed by atoms with van der Waals surface area (Å²) >= 11 is 0. The Hall–Kier alpha value is -1.59. The van der Waals surface area contributed by atoms with Crippen molar-refractivity contribution in [2.24, 2.45) is 0 Å². The fourth-order valence-electron chi connectivity index (χ4n) is 6.68. The summed E-state index contributed by atoms with van der Waals surface area (Å²) < 4.78 is 16.7. The van der Waals surface area contributed by atoms with Gasteiger partial charge < -0.3 is 14.2 Å². The lowest BCUT2D eigenvalue weighted by Gasteiger charge is -2.18. The summed E-state index contributed by atoms with van der Waals surface area (Å²) in [5, 5.41) is 0. The van der Waals surface area contributed by atoms with Gasteiger partial charge in [-0.25, -0.2) is 0 Å². The van der Waals surface area contributed by atoms with E-state index in [0.29, 0.717) is 19.3 Å². The fourth-order valence-corrected chi connectivity index (χ4v) is 6.68. The maximum Gasteiger partial charge on any atom is 0.306 e. The van der Waals surface area contributed by atoms with Gasteiger partial charge in [0.05, 0.1) is 0 Å². The monoisotopic (exact) mass is 723 g/mol. The Morgan fingerprint density at radius 2 is 0.529 bits per heavy atom. The summed E-state index contributed by atoms with van der Waals surface area (Å²) in [4.78, 5) is 37.6. The van der Waals surface area contributed by atoms with Crippen LogP contribution < -0.4 is 0 Å². The minimum atomic E-state index is -0.757. The summed E-state index contributed by atoms with van der Waals surface area (Å²) in [5.74, 6) is -0.854. The predicted molar refractivity (Wildman–Crippen MR) is 215 cm³/mol. The Labute approximate surface area is 317 Å². The molecule has 0 heterocycles. The molecule has 0 fully saturated rings. The molecule has 0 saturated heterocycles. The molecule has 51 heavy (non-hydrogen) atoms. The standard InChI is InChI=1S/C45H86O6/c1-4-7-10-13-16-19-22-24-26-29-32-35-38-44(47)50-41-42(40-49-43(46)37-34-31-28-25-21-18-15-12-9-6-3)51-45(48)39-36-33-30-27-23-20-17-14-11-8-5-2/h42H,4-41H2,1-3H3. The van der Waals surface area contributed by atoms with Gasteiger partial charge in [-0.1, -0.05) is 213 Å². The van der Waals surface area contributed by atoms with E-state index < -0.39 is 6.10 Å². The molecule has 0 aliphatic heterocycles. The summed E-state index contributed by atoms with van der Waals surface area (Å²) in [5.41, 5.74) is 0. The molecule has 0 bridgehead atoms. The third-order valence-corrected chi connectivity index (χ3v) is 10.1. The van der Waals surface area contributed by atoms with Crippen molar-refractivity contribution < 1.29 is 28.6 Å². The van der Waals surface area contributed by atoms with E-state index in [1.54, 1.807) is 0 Å². The Morgan fingerprint density at radius 1 is 0.314 bits per heavy atom. The summed E-state index contributed by atoms with van der Waals surface area (Å²) in [6.45, 7) is 6.63. The highest BCUT2D eigenvalue weighted by molar-refractivity contribution is 5.71. The molecule has 0 radical (unpaired) electrons. The zero-order valence-corrected chi connectivity index (χ0v) is 34.4. The number of unbranched alkanes of at least 4 members (excludes halogenated alkanes) is 30. The highest BCUT2D eigenvalue weighted by Gasteiger charge is 2.19. The molecule has 0 spiro atoms. The first-order valence-electron chi connectivity index (χ1n) is 22.5. The Morgan fingerprint density at radius 3 is 0.784 bits per heavy atom.